The lowest BCUT2D eigenvalue weighted by Gasteiger charge is -2.15. The molecule has 9 heteroatoms. The van der Waals surface area contributed by atoms with Gasteiger partial charge in [-0.2, -0.15) is 4.31 Å². The smallest absolute Gasteiger partial charge is 0.403 e. The molecule has 0 heterocycles. The van der Waals surface area contributed by atoms with Gasteiger partial charge in [0.1, 0.15) is 6.26 Å². The van der Waals surface area contributed by atoms with Gasteiger partial charge in [-0.25, -0.2) is 9.13 Å². The van der Waals surface area contributed by atoms with Crippen LogP contribution < -0.4 is 0 Å². The third-order valence-electron chi connectivity index (χ3n) is 0.920. The second-order valence-corrected chi connectivity index (χ2v) is 5.22. The predicted octanol–water partition coefficient (Wildman–Crippen LogP) is 1.82. The molecule has 0 spiro atoms. The molecule has 0 aromatic heterocycles. The van der Waals surface area contributed by atoms with Crippen molar-refractivity contribution in [3.8, 4) is 0 Å². The first-order chi connectivity index (χ1) is 6.39. The molecule has 0 aromatic carbocycles. The van der Waals surface area contributed by atoms with Crippen molar-refractivity contribution in [2.45, 2.75) is 0 Å². The van der Waals surface area contributed by atoms with Gasteiger partial charge in [-0.05, 0) is 0 Å². The van der Waals surface area contributed by atoms with Gasteiger partial charge in [0.2, 0.25) is 0 Å². The SMILES string of the molecule is C=C=COP(=O)(O)OP(=O)(OC)OC. The lowest BCUT2D eigenvalue weighted by molar-refractivity contribution is 0.178. The van der Waals surface area contributed by atoms with Crippen LogP contribution in [0.25, 0.3) is 0 Å². The molecule has 7 nitrogen and oxygen atoms in total. The van der Waals surface area contributed by atoms with Gasteiger partial charge in [-0.3, -0.25) is 13.9 Å². The van der Waals surface area contributed by atoms with Gasteiger partial charge < -0.3 is 4.52 Å². The molecule has 0 fully saturated rings. The van der Waals surface area contributed by atoms with E-state index in [1.165, 1.54) is 0 Å². The summed E-state index contributed by atoms with van der Waals surface area (Å²) in [4.78, 5) is 8.92. The van der Waals surface area contributed by atoms with Gasteiger partial charge in [0.15, 0.2) is 0 Å². The average Bonchev–Trinajstić information content (AvgIpc) is 2.14. The Bertz CT molecular complexity index is 310. The summed E-state index contributed by atoms with van der Waals surface area (Å²) in [7, 11) is -6.60. The minimum Gasteiger partial charge on any atom is -0.403 e. The Morgan fingerprint density at radius 2 is 1.86 bits per heavy atom. The molecule has 0 amide bonds. The summed E-state index contributed by atoms with van der Waals surface area (Å²) in [6, 6.07) is 0. The van der Waals surface area contributed by atoms with Crippen molar-refractivity contribution in [1.82, 2.24) is 0 Å². The summed E-state index contributed by atoms with van der Waals surface area (Å²) in [6.07, 6.45) is 0.691. The number of phosphoric ester groups is 2. The van der Waals surface area contributed by atoms with E-state index < -0.39 is 15.6 Å². The Morgan fingerprint density at radius 3 is 2.21 bits per heavy atom. The number of hydrogen-bond donors (Lipinski definition) is 1. The molecular formula is C5H10O7P2. The van der Waals surface area contributed by atoms with Gasteiger partial charge in [-0.15, -0.1) is 0 Å². The van der Waals surface area contributed by atoms with Crippen molar-refractivity contribution in [3.05, 3.63) is 18.6 Å². The maximum atomic E-state index is 11.2. The number of phosphoric acid groups is 2. The van der Waals surface area contributed by atoms with E-state index in [1.807, 2.05) is 0 Å². The highest BCUT2D eigenvalue weighted by Gasteiger charge is 2.36. The molecule has 0 radical (unpaired) electrons. The second kappa shape index (κ2) is 5.49. The minimum absolute atomic E-state index is 0.691. The van der Waals surface area contributed by atoms with Gasteiger partial charge >= 0.3 is 15.6 Å². The summed E-state index contributed by atoms with van der Waals surface area (Å²) in [6.45, 7) is 3.08. The topological polar surface area (TPSA) is 91.3 Å². The normalized spacial score (nSPS) is 15.4. The van der Waals surface area contributed by atoms with Crippen LogP contribution in [0, 0.1) is 0 Å². The van der Waals surface area contributed by atoms with Crippen molar-refractivity contribution in [3.63, 3.8) is 0 Å². The van der Waals surface area contributed by atoms with E-state index in [2.05, 4.69) is 30.2 Å². The molecule has 0 aliphatic heterocycles. The van der Waals surface area contributed by atoms with E-state index in [4.69, 9.17) is 4.89 Å². The number of rotatable bonds is 6. The van der Waals surface area contributed by atoms with Crippen LogP contribution in [0.1, 0.15) is 0 Å². The van der Waals surface area contributed by atoms with E-state index >= 15 is 0 Å². The lowest BCUT2D eigenvalue weighted by atomic mass is 11.0. The first-order valence-corrected chi connectivity index (χ1v) is 6.13. The molecule has 0 aromatic rings. The molecular weight excluding hydrogens is 234 g/mol. The molecule has 0 bridgehead atoms. The third kappa shape index (κ3) is 4.74. The zero-order chi connectivity index (χ0) is 11.2. The molecule has 82 valence electrons. The average molecular weight is 244 g/mol. The van der Waals surface area contributed by atoms with Crippen molar-refractivity contribution in [2.24, 2.45) is 0 Å². The van der Waals surface area contributed by atoms with E-state index in [0.29, 0.717) is 6.26 Å². The van der Waals surface area contributed by atoms with Crippen LogP contribution in [0.4, 0.5) is 0 Å². The van der Waals surface area contributed by atoms with Crippen LogP contribution >= 0.6 is 15.6 Å². The van der Waals surface area contributed by atoms with Crippen LogP contribution in [-0.2, 0) is 27.0 Å². The van der Waals surface area contributed by atoms with Crippen LogP contribution in [0.5, 0.6) is 0 Å². The molecule has 14 heavy (non-hydrogen) atoms. The molecule has 1 N–H and O–H groups in total. The van der Waals surface area contributed by atoms with Gasteiger partial charge in [0.05, 0.1) is 0 Å². The third-order valence-corrected chi connectivity index (χ3v) is 3.81. The largest absolute Gasteiger partial charge is 0.536 e. The lowest BCUT2D eigenvalue weighted by Crippen LogP contribution is -1.94. The zero-order valence-electron chi connectivity index (χ0n) is 7.58. The molecule has 0 rings (SSSR count). The predicted molar refractivity (Wildman–Crippen MR) is 47.3 cm³/mol. The fourth-order valence-corrected chi connectivity index (χ4v) is 2.45. The van der Waals surface area contributed by atoms with Gasteiger partial charge in [0, 0.05) is 14.2 Å². The highest BCUT2D eigenvalue weighted by molar-refractivity contribution is 7.61. The quantitative estimate of drug-likeness (QED) is 0.432. The first-order valence-electron chi connectivity index (χ1n) is 3.17. The summed E-state index contributed by atoms with van der Waals surface area (Å²) in [5.41, 5.74) is 2.06. The summed E-state index contributed by atoms with van der Waals surface area (Å²) in [5.74, 6) is 0. The van der Waals surface area contributed by atoms with E-state index in [-0.39, 0.29) is 0 Å². The maximum absolute atomic E-state index is 11.2. The highest BCUT2D eigenvalue weighted by atomic mass is 31.3. The summed E-state index contributed by atoms with van der Waals surface area (Å²) in [5, 5.41) is 0. The standard InChI is InChI=1S/C5H10O7P2/c1-4-5-11-13(6,7)12-14(8,9-2)10-3/h5H,1H2,2-3H3,(H,6,7). The van der Waals surface area contributed by atoms with Crippen LogP contribution in [0.2, 0.25) is 0 Å². The van der Waals surface area contributed by atoms with Crippen molar-refractivity contribution in [1.29, 1.82) is 0 Å². The monoisotopic (exact) mass is 244 g/mol. The highest BCUT2D eigenvalue weighted by Crippen LogP contribution is 2.62. The van der Waals surface area contributed by atoms with Gasteiger partial charge in [0.25, 0.3) is 0 Å². The Kier molecular flexibility index (Phi) is 5.34. The minimum atomic E-state index is -4.53. The van der Waals surface area contributed by atoms with Crippen molar-refractivity contribution in [2.75, 3.05) is 14.2 Å². The first kappa shape index (κ1) is 13.6. The Labute approximate surface area is 81.2 Å². The van der Waals surface area contributed by atoms with E-state index in [0.717, 1.165) is 14.2 Å². The molecule has 1 atom stereocenters. The van der Waals surface area contributed by atoms with Crippen LogP contribution in [-0.4, -0.2) is 19.1 Å². The molecule has 1 unspecified atom stereocenters. The Hall–Kier alpha value is -0.380. The van der Waals surface area contributed by atoms with E-state index in [9.17, 15) is 9.13 Å². The van der Waals surface area contributed by atoms with Crippen LogP contribution in [0.15, 0.2) is 18.6 Å². The molecule has 0 saturated heterocycles. The fourth-order valence-electron chi connectivity index (χ4n) is 0.391. The van der Waals surface area contributed by atoms with Crippen molar-refractivity contribution >= 4 is 15.6 Å². The second-order valence-electron chi connectivity index (χ2n) is 1.79. The Morgan fingerprint density at radius 1 is 1.36 bits per heavy atom. The van der Waals surface area contributed by atoms with E-state index in [1.54, 1.807) is 0 Å². The Balaban J connectivity index is 4.56. The van der Waals surface area contributed by atoms with Crippen molar-refractivity contribution < 1.29 is 31.9 Å². The maximum Gasteiger partial charge on any atom is 0.536 e. The molecule has 0 aliphatic carbocycles. The van der Waals surface area contributed by atoms with Gasteiger partial charge in [-0.1, -0.05) is 12.3 Å². The summed E-state index contributed by atoms with van der Waals surface area (Å²) < 4.78 is 39.0. The summed E-state index contributed by atoms with van der Waals surface area (Å²) >= 11 is 0. The fraction of sp³-hybridized carbons (Fsp3) is 0.400. The number of hydrogen-bond acceptors (Lipinski definition) is 6. The molecule has 0 saturated carbocycles. The zero-order valence-corrected chi connectivity index (χ0v) is 9.36. The van der Waals surface area contributed by atoms with Crippen LogP contribution in [0.3, 0.4) is 0 Å². The molecule has 0 aliphatic rings.